The number of hydrogen-bond donors (Lipinski definition) is 3. The maximum Gasteiger partial charge on any atom is 0.490 e. The molecule has 0 radical (unpaired) electrons. The molecule has 1 atom stereocenters. The molecular formula is C20H22F3N3O3. The van der Waals surface area contributed by atoms with E-state index in [4.69, 9.17) is 9.90 Å². The third kappa shape index (κ3) is 5.78. The zero-order chi connectivity index (χ0) is 21.8. The van der Waals surface area contributed by atoms with Crippen LogP contribution in [-0.4, -0.2) is 45.3 Å². The molecule has 1 unspecified atom stereocenters. The Balaban J connectivity index is 0.000000370. The van der Waals surface area contributed by atoms with Crippen molar-refractivity contribution in [2.75, 3.05) is 13.6 Å². The molecule has 0 spiro atoms. The van der Waals surface area contributed by atoms with Gasteiger partial charge in [0.25, 0.3) is 0 Å². The quantitative estimate of drug-likeness (QED) is 0.614. The molecule has 2 heterocycles. The average molecular weight is 409 g/mol. The van der Waals surface area contributed by atoms with Crippen molar-refractivity contribution in [3.63, 3.8) is 0 Å². The number of pyridine rings is 1. The van der Waals surface area contributed by atoms with Crippen LogP contribution >= 0.6 is 0 Å². The number of alkyl halides is 3. The van der Waals surface area contributed by atoms with Gasteiger partial charge in [-0.05, 0) is 55.3 Å². The molecule has 156 valence electrons. The Bertz CT molecular complexity index is 1000. The zero-order valence-electron chi connectivity index (χ0n) is 16.2. The highest BCUT2D eigenvalue weighted by atomic mass is 19.4. The number of halogens is 3. The highest BCUT2D eigenvalue weighted by molar-refractivity contribution is 5.73. The van der Waals surface area contributed by atoms with E-state index in [9.17, 15) is 18.3 Å². The number of nitrogens with one attached hydrogen (secondary N) is 1. The summed E-state index contributed by atoms with van der Waals surface area (Å²) in [5, 5.41) is 20.3. The van der Waals surface area contributed by atoms with Crippen LogP contribution in [0.25, 0.3) is 16.8 Å². The van der Waals surface area contributed by atoms with Gasteiger partial charge in [-0.15, -0.1) is 0 Å². The van der Waals surface area contributed by atoms with Crippen molar-refractivity contribution in [1.82, 2.24) is 14.7 Å². The first kappa shape index (κ1) is 22.4. The van der Waals surface area contributed by atoms with E-state index in [0.717, 1.165) is 33.6 Å². The predicted octanol–water partition coefficient (Wildman–Crippen LogP) is 3.50. The van der Waals surface area contributed by atoms with Crippen molar-refractivity contribution in [3.8, 4) is 11.1 Å². The second kappa shape index (κ2) is 9.06. The first-order valence-electron chi connectivity index (χ1n) is 8.72. The number of aliphatic hydroxyl groups is 1. The molecule has 9 heteroatoms. The third-order valence-electron chi connectivity index (χ3n) is 4.10. The Morgan fingerprint density at radius 3 is 2.45 bits per heavy atom. The molecule has 3 aromatic rings. The summed E-state index contributed by atoms with van der Waals surface area (Å²) >= 11 is 0. The van der Waals surface area contributed by atoms with Gasteiger partial charge in [-0.25, -0.2) is 9.78 Å². The Morgan fingerprint density at radius 1 is 1.21 bits per heavy atom. The van der Waals surface area contributed by atoms with E-state index in [1.54, 1.807) is 0 Å². The highest BCUT2D eigenvalue weighted by Crippen LogP contribution is 2.25. The van der Waals surface area contributed by atoms with Gasteiger partial charge in [-0.3, -0.25) is 0 Å². The van der Waals surface area contributed by atoms with E-state index < -0.39 is 18.2 Å². The van der Waals surface area contributed by atoms with Gasteiger partial charge < -0.3 is 19.9 Å². The van der Waals surface area contributed by atoms with Crippen LogP contribution < -0.4 is 5.32 Å². The van der Waals surface area contributed by atoms with Crippen LogP contribution in [0.5, 0.6) is 0 Å². The molecule has 0 aliphatic heterocycles. The third-order valence-corrected chi connectivity index (χ3v) is 4.10. The molecule has 0 aliphatic rings. The van der Waals surface area contributed by atoms with E-state index in [2.05, 4.69) is 40.0 Å². The van der Waals surface area contributed by atoms with Gasteiger partial charge in [0.1, 0.15) is 5.65 Å². The fourth-order valence-corrected chi connectivity index (χ4v) is 2.79. The number of carboxylic acid groups (broad SMARTS) is 1. The molecule has 6 nitrogen and oxygen atoms in total. The number of aryl methyl sites for hydroxylation is 2. The number of aliphatic carboxylic acids is 1. The van der Waals surface area contributed by atoms with Crippen LogP contribution in [0.15, 0.2) is 42.7 Å². The van der Waals surface area contributed by atoms with Gasteiger partial charge in [0.15, 0.2) is 0 Å². The lowest BCUT2D eigenvalue weighted by Crippen LogP contribution is -2.21. The molecule has 3 rings (SSSR count). The number of carbonyl (C=O) groups is 1. The molecule has 0 aliphatic carbocycles. The number of carboxylic acids is 1. The minimum Gasteiger partial charge on any atom is -0.475 e. The lowest BCUT2D eigenvalue weighted by molar-refractivity contribution is -0.192. The zero-order valence-corrected chi connectivity index (χ0v) is 16.2. The van der Waals surface area contributed by atoms with Crippen molar-refractivity contribution in [2.45, 2.75) is 26.1 Å². The lowest BCUT2D eigenvalue weighted by Gasteiger charge is -2.12. The van der Waals surface area contributed by atoms with Crippen molar-refractivity contribution in [1.29, 1.82) is 0 Å². The fraction of sp³-hybridized carbons (Fsp3) is 0.300. The van der Waals surface area contributed by atoms with Crippen LogP contribution in [-0.2, 0) is 4.79 Å². The predicted molar refractivity (Wildman–Crippen MR) is 103 cm³/mol. The maximum atomic E-state index is 10.6. The van der Waals surface area contributed by atoms with Crippen LogP contribution in [0.4, 0.5) is 13.2 Å². The first-order valence-corrected chi connectivity index (χ1v) is 8.72. The summed E-state index contributed by atoms with van der Waals surface area (Å²) in [6.07, 6.45) is -1.46. The second-order valence-corrected chi connectivity index (χ2v) is 6.53. The average Bonchev–Trinajstić information content (AvgIpc) is 3.02. The lowest BCUT2D eigenvalue weighted by atomic mass is 10.0. The first-order chi connectivity index (χ1) is 13.5. The summed E-state index contributed by atoms with van der Waals surface area (Å²) in [5.74, 6) is -2.76. The Labute approximate surface area is 165 Å². The van der Waals surface area contributed by atoms with Crippen molar-refractivity contribution in [3.05, 3.63) is 59.5 Å². The number of nitrogens with zero attached hydrogens (tertiary/aromatic N) is 2. The van der Waals surface area contributed by atoms with Gasteiger partial charge in [0, 0.05) is 18.9 Å². The molecule has 0 amide bonds. The summed E-state index contributed by atoms with van der Waals surface area (Å²) in [7, 11) is 1.84. The summed E-state index contributed by atoms with van der Waals surface area (Å²) in [6, 6.07) is 10.2. The SMILES string of the molecule is CNCC(O)c1cccc(-c2cc(C)c3nc(C)cn3c2)c1.O=C(O)C(F)(F)F. The molecule has 0 fully saturated rings. The number of aliphatic hydroxyl groups excluding tert-OH is 1. The summed E-state index contributed by atoms with van der Waals surface area (Å²) < 4.78 is 33.8. The number of rotatable bonds is 4. The molecular weight excluding hydrogens is 387 g/mol. The van der Waals surface area contributed by atoms with Crippen molar-refractivity contribution < 1.29 is 28.2 Å². The number of hydrogen-bond acceptors (Lipinski definition) is 4. The van der Waals surface area contributed by atoms with Gasteiger partial charge >= 0.3 is 12.1 Å². The number of aromatic nitrogens is 2. The normalized spacial score (nSPS) is 12.4. The summed E-state index contributed by atoms with van der Waals surface area (Å²) in [6.45, 7) is 4.62. The Hall–Kier alpha value is -2.91. The Kier molecular flexibility index (Phi) is 6.99. The summed E-state index contributed by atoms with van der Waals surface area (Å²) in [4.78, 5) is 13.4. The number of imidazole rings is 1. The van der Waals surface area contributed by atoms with E-state index >= 15 is 0 Å². The van der Waals surface area contributed by atoms with Gasteiger partial charge in [-0.2, -0.15) is 13.2 Å². The molecule has 29 heavy (non-hydrogen) atoms. The van der Waals surface area contributed by atoms with E-state index in [0.29, 0.717) is 6.54 Å². The van der Waals surface area contributed by atoms with Crippen LogP contribution in [0.3, 0.4) is 0 Å². The molecule has 0 bridgehead atoms. The molecule has 0 saturated carbocycles. The smallest absolute Gasteiger partial charge is 0.475 e. The van der Waals surface area contributed by atoms with Crippen LogP contribution in [0.1, 0.15) is 22.9 Å². The van der Waals surface area contributed by atoms with Crippen molar-refractivity contribution in [2.24, 2.45) is 0 Å². The summed E-state index contributed by atoms with van der Waals surface area (Å²) in [5.41, 5.74) is 6.30. The van der Waals surface area contributed by atoms with Gasteiger partial charge in [0.2, 0.25) is 0 Å². The second-order valence-electron chi connectivity index (χ2n) is 6.53. The fourth-order valence-electron chi connectivity index (χ4n) is 2.79. The molecule has 3 N–H and O–H groups in total. The van der Waals surface area contributed by atoms with E-state index in [1.165, 1.54) is 0 Å². The minimum absolute atomic E-state index is 0.495. The number of likely N-dealkylation sites (N-methyl/N-ethyl adjacent to an activating group) is 1. The minimum atomic E-state index is -5.08. The van der Waals surface area contributed by atoms with Crippen molar-refractivity contribution >= 4 is 11.6 Å². The monoisotopic (exact) mass is 409 g/mol. The largest absolute Gasteiger partial charge is 0.490 e. The molecule has 1 aromatic carbocycles. The highest BCUT2D eigenvalue weighted by Gasteiger charge is 2.38. The Morgan fingerprint density at radius 2 is 1.86 bits per heavy atom. The van der Waals surface area contributed by atoms with E-state index in [-0.39, 0.29) is 0 Å². The maximum absolute atomic E-state index is 10.6. The standard InChI is InChI=1S/C18H21N3O.C2HF3O2/c1-12-7-16(11-21-10-13(2)20-18(12)21)14-5-4-6-15(8-14)17(22)9-19-3;3-2(4,5)1(6)7/h4-8,10-11,17,19,22H,9H2,1-3H3;(H,6,7). The number of benzene rings is 1. The molecule has 2 aromatic heterocycles. The number of fused-ring (bicyclic) bond motifs is 1. The van der Waals surface area contributed by atoms with E-state index in [1.807, 2.05) is 38.4 Å². The van der Waals surface area contributed by atoms with Crippen LogP contribution in [0.2, 0.25) is 0 Å². The topological polar surface area (TPSA) is 86.9 Å². The molecule has 0 saturated heterocycles. The van der Waals surface area contributed by atoms with Crippen LogP contribution in [0, 0.1) is 13.8 Å². The van der Waals surface area contributed by atoms with Gasteiger partial charge in [-0.1, -0.05) is 18.2 Å². The van der Waals surface area contributed by atoms with Gasteiger partial charge in [0.05, 0.1) is 11.8 Å².